The van der Waals surface area contributed by atoms with Gasteiger partial charge in [0.05, 0.1) is 0 Å². The van der Waals surface area contributed by atoms with Crippen molar-refractivity contribution in [1.29, 1.82) is 0 Å². The molecule has 2 nitrogen and oxygen atoms in total. The van der Waals surface area contributed by atoms with Crippen molar-refractivity contribution in [3.63, 3.8) is 0 Å². The van der Waals surface area contributed by atoms with E-state index in [1.807, 2.05) is 0 Å². The number of hydrogen-bond acceptors (Lipinski definition) is 2. The summed E-state index contributed by atoms with van der Waals surface area (Å²) in [5.74, 6) is 0.925. The summed E-state index contributed by atoms with van der Waals surface area (Å²) in [5, 5.41) is 3.61. The Balaban J connectivity index is 2.00. The van der Waals surface area contributed by atoms with Gasteiger partial charge >= 0.3 is 0 Å². The van der Waals surface area contributed by atoms with Gasteiger partial charge in [0.1, 0.15) is 0 Å². The molecule has 2 heteroatoms. The van der Waals surface area contributed by atoms with Gasteiger partial charge in [-0.2, -0.15) is 0 Å². The van der Waals surface area contributed by atoms with Gasteiger partial charge < -0.3 is 10.1 Å². The highest BCUT2D eigenvalue weighted by atomic mass is 16.5. The molecule has 1 aliphatic carbocycles. The predicted octanol–water partition coefficient (Wildman–Crippen LogP) is 2.19. The zero-order chi connectivity index (χ0) is 9.52. The van der Waals surface area contributed by atoms with Crippen molar-refractivity contribution >= 4 is 0 Å². The molecule has 13 heavy (non-hydrogen) atoms. The van der Waals surface area contributed by atoms with Gasteiger partial charge in [-0.05, 0) is 31.7 Å². The minimum absolute atomic E-state index is 0.778. The number of ether oxygens (including phenoxy) is 1. The van der Waals surface area contributed by atoms with Crippen LogP contribution in [0.5, 0.6) is 0 Å². The summed E-state index contributed by atoms with van der Waals surface area (Å²) < 4.78 is 5.01. The van der Waals surface area contributed by atoms with Crippen LogP contribution >= 0.6 is 0 Å². The smallest absolute Gasteiger partial charge is 0.0474 e. The highest BCUT2D eigenvalue weighted by Crippen LogP contribution is 2.23. The van der Waals surface area contributed by atoms with Gasteiger partial charge in [0.25, 0.3) is 0 Å². The molecule has 0 bridgehead atoms. The average Bonchev–Trinajstić information content (AvgIpc) is 2.13. The van der Waals surface area contributed by atoms with Crippen molar-refractivity contribution in [3.05, 3.63) is 0 Å². The van der Waals surface area contributed by atoms with E-state index in [0.29, 0.717) is 0 Å². The second-order valence-corrected chi connectivity index (χ2v) is 4.27. The summed E-state index contributed by atoms with van der Waals surface area (Å²) in [5.41, 5.74) is 0. The lowest BCUT2D eigenvalue weighted by Crippen LogP contribution is -2.34. The molecule has 0 aromatic carbocycles. The van der Waals surface area contributed by atoms with Crippen LogP contribution < -0.4 is 5.32 Å². The van der Waals surface area contributed by atoms with Crippen molar-refractivity contribution in [2.45, 2.75) is 45.1 Å². The van der Waals surface area contributed by atoms with Gasteiger partial charge in [-0.25, -0.2) is 0 Å². The van der Waals surface area contributed by atoms with Crippen LogP contribution in [0.1, 0.15) is 39.0 Å². The monoisotopic (exact) mass is 185 g/mol. The van der Waals surface area contributed by atoms with Gasteiger partial charge in [0, 0.05) is 19.8 Å². The van der Waals surface area contributed by atoms with E-state index in [0.717, 1.165) is 31.5 Å². The van der Waals surface area contributed by atoms with Crippen LogP contribution in [0.3, 0.4) is 0 Å². The van der Waals surface area contributed by atoms with E-state index in [1.165, 1.54) is 25.7 Å². The van der Waals surface area contributed by atoms with Crippen molar-refractivity contribution in [3.8, 4) is 0 Å². The first-order valence-corrected chi connectivity index (χ1v) is 5.55. The maximum absolute atomic E-state index is 5.01. The number of rotatable bonds is 5. The maximum Gasteiger partial charge on any atom is 0.0474 e. The van der Waals surface area contributed by atoms with Gasteiger partial charge in [-0.15, -0.1) is 0 Å². The Morgan fingerprint density at radius 2 is 2.23 bits per heavy atom. The Morgan fingerprint density at radius 3 is 2.92 bits per heavy atom. The van der Waals surface area contributed by atoms with E-state index in [9.17, 15) is 0 Å². The molecule has 2 atom stereocenters. The highest BCUT2D eigenvalue weighted by molar-refractivity contribution is 4.75. The lowest BCUT2D eigenvalue weighted by atomic mass is 9.87. The molecule has 0 heterocycles. The second-order valence-electron chi connectivity index (χ2n) is 4.27. The summed E-state index contributed by atoms with van der Waals surface area (Å²) >= 11 is 0. The average molecular weight is 185 g/mol. The number of hydrogen-bond donors (Lipinski definition) is 1. The fraction of sp³-hybridized carbons (Fsp3) is 1.00. The molecule has 1 aliphatic rings. The van der Waals surface area contributed by atoms with Crippen molar-refractivity contribution in [2.24, 2.45) is 5.92 Å². The third-order valence-electron chi connectivity index (χ3n) is 2.89. The molecule has 0 spiro atoms. The first-order chi connectivity index (χ1) is 6.33. The van der Waals surface area contributed by atoms with Crippen molar-refractivity contribution < 1.29 is 4.74 Å². The Hall–Kier alpha value is -0.0800. The number of methoxy groups -OCH3 is 1. The van der Waals surface area contributed by atoms with Crippen molar-refractivity contribution in [2.75, 3.05) is 20.3 Å². The largest absolute Gasteiger partial charge is 0.385 e. The zero-order valence-corrected chi connectivity index (χ0v) is 9.01. The molecule has 0 aromatic rings. The minimum Gasteiger partial charge on any atom is -0.385 e. The molecule has 0 saturated heterocycles. The summed E-state index contributed by atoms with van der Waals surface area (Å²) in [4.78, 5) is 0. The lowest BCUT2D eigenvalue weighted by Gasteiger charge is -2.27. The lowest BCUT2D eigenvalue weighted by molar-refractivity contribution is 0.190. The SMILES string of the molecule is COCCCNC1CCCC(C)C1. The third-order valence-corrected chi connectivity index (χ3v) is 2.89. The molecule has 78 valence electrons. The van der Waals surface area contributed by atoms with Crippen LogP contribution in [0.15, 0.2) is 0 Å². The molecule has 1 saturated carbocycles. The van der Waals surface area contributed by atoms with Gasteiger partial charge in [-0.1, -0.05) is 19.8 Å². The first kappa shape index (κ1) is 11.0. The zero-order valence-electron chi connectivity index (χ0n) is 9.01. The molecule has 0 aromatic heterocycles. The second kappa shape index (κ2) is 6.39. The quantitative estimate of drug-likeness (QED) is 0.663. The molecule has 1 fully saturated rings. The molecule has 1 N–H and O–H groups in total. The molecule has 1 rings (SSSR count). The van der Waals surface area contributed by atoms with E-state index >= 15 is 0 Å². The van der Waals surface area contributed by atoms with Crippen LogP contribution in [0.2, 0.25) is 0 Å². The molecule has 0 radical (unpaired) electrons. The van der Waals surface area contributed by atoms with E-state index in [2.05, 4.69) is 12.2 Å². The van der Waals surface area contributed by atoms with Crippen LogP contribution in [0, 0.1) is 5.92 Å². The fourth-order valence-corrected chi connectivity index (χ4v) is 2.14. The van der Waals surface area contributed by atoms with E-state index in [1.54, 1.807) is 7.11 Å². The molecular weight excluding hydrogens is 162 g/mol. The topological polar surface area (TPSA) is 21.3 Å². The van der Waals surface area contributed by atoms with E-state index in [4.69, 9.17) is 4.74 Å². The van der Waals surface area contributed by atoms with Crippen LogP contribution in [0.25, 0.3) is 0 Å². The summed E-state index contributed by atoms with van der Waals surface area (Å²) in [6.45, 7) is 4.36. The molecule has 0 amide bonds. The standard InChI is InChI=1S/C11H23NO/c1-10-5-3-6-11(9-10)12-7-4-8-13-2/h10-12H,3-9H2,1-2H3. The Labute approximate surface area is 82.0 Å². The molecule has 2 unspecified atom stereocenters. The molecule has 0 aliphatic heterocycles. The van der Waals surface area contributed by atoms with Gasteiger partial charge in [-0.3, -0.25) is 0 Å². The third kappa shape index (κ3) is 4.63. The van der Waals surface area contributed by atoms with E-state index < -0.39 is 0 Å². The van der Waals surface area contributed by atoms with Gasteiger partial charge in [0.15, 0.2) is 0 Å². The van der Waals surface area contributed by atoms with Crippen LogP contribution in [0.4, 0.5) is 0 Å². The summed E-state index contributed by atoms with van der Waals surface area (Å²) in [6.07, 6.45) is 6.71. The summed E-state index contributed by atoms with van der Waals surface area (Å²) in [6, 6.07) is 0.778. The minimum atomic E-state index is 0.778. The van der Waals surface area contributed by atoms with E-state index in [-0.39, 0.29) is 0 Å². The molecular formula is C11H23NO. The maximum atomic E-state index is 5.01. The highest BCUT2D eigenvalue weighted by Gasteiger charge is 2.17. The van der Waals surface area contributed by atoms with Crippen molar-refractivity contribution in [1.82, 2.24) is 5.32 Å². The van der Waals surface area contributed by atoms with Crippen LogP contribution in [-0.4, -0.2) is 26.3 Å². The Kier molecular flexibility index (Phi) is 5.40. The van der Waals surface area contributed by atoms with Crippen LogP contribution in [-0.2, 0) is 4.74 Å². The number of nitrogens with one attached hydrogen (secondary N) is 1. The van der Waals surface area contributed by atoms with Gasteiger partial charge in [0.2, 0.25) is 0 Å². The fourth-order valence-electron chi connectivity index (χ4n) is 2.14. The predicted molar refractivity (Wildman–Crippen MR) is 55.9 cm³/mol. The Morgan fingerprint density at radius 1 is 1.38 bits per heavy atom. The summed E-state index contributed by atoms with van der Waals surface area (Å²) in [7, 11) is 1.77. The first-order valence-electron chi connectivity index (χ1n) is 5.55. The normalized spacial score (nSPS) is 29.1. The Bertz CT molecular complexity index is 127.